The number of piperidine rings is 1. The van der Waals surface area contributed by atoms with Crippen LogP contribution in [0.3, 0.4) is 0 Å². The molecular weight excluding hydrogens is 242 g/mol. The minimum Gasteiger partial charge on any atom is -0.445 e. The highest BCUT2D eigenvalue weighted by Crippen LogP contribution is 2.38. The normalized spacial score (nSPS) is 32.6. The van der Waals surface area contributed by atoms with Gasteiger partial charge in [-0.15, -0.1) is 0 Å². The van der Waals surface area contributed by atoms with Gasteiger partial charge in [0.25, 0.3) is 0 Å². The molecule has 2 fully saturated rings. The summed E-state index contributed by atoms with van der Waals surface area (Å²) in [5.74, 6) is 0. The molecule has 0 spiro atoms. The van der Waals surface area contributed by atoms with Crippen molar-refractivity contribution in [1.29, 1.82) is 0 Å². The maximum absolute atomic E-state index is 12.2. The summed E-state index contributed by atoms with van der Waals surface area (Å²) in [5, 5.41) is 0. The summed E-state index contributed by atoms with van der Waals surface area (Å²) in [6, 6.07) is 10.0. The van der Waals surface area contributed by atoms with Crippen LogP contribution in [0.2, 0.25) is 0 Å². The fraction of sp³-hybridized carbons (Fsp3) is 0.533. The molecule has 2 heterocycles. The van der Waals surface area contributed by atoms with Crippen molar-refractivity contribution in [3.05, 3.63) is 35.9 Å². The molecular formula is C15H19NO3. The second-order valence-corrected chi connectivity index (χ2v) is 5.41. The van der Waals surface area contributed by atoms with Crippen molar-refractivity contribution in [2.45, 2.75) is 51.2 Å². The second kappa shape index (κ2) is 4.85. The molecule has 0 radical (unpaired) electrons. The second-order valence-electron chi connectivity index (χ2n) is 5.41. The predicted octanol–water partition coefficient (Wildman–Crippen LogP) is 2.57. The number of fused-ring (bicyclic) bond motifs is 1. The number of hydrogen-bond acceptors (Lipinski definition) is 3. The third-order valence-corrected chi connectivity index (χ3v) is 4.00. The van der Waals surface area contributed by atoms with Crippen molar-refractivity contribution in [3.8, 4) is 0 Å². The lowest BCUT2D eigenvalue weighted by atomic mass is 9.98. The van der Waals surface area contributed by atoms with Gasteiger partial charge in [-0.1, -0.05) is 30.3 Å². The number of carbonyl (C=O) groups is 1. The highest BCUT2D eigenvalue weighted by atomic mass is 16.6. The van der Waals surface area contributed by atoms with Crippen LogP contribution in [0.4, 0.5) is 4.79 Å². The molecule has 0 unspecified atom stereocenters. The van der Waals surface area contributed by atoms with Gasteiger partial charge in [0.05, 0.1) is 12.1 Å². The Kier molecular flexibility index (Phi) is 3.19. The number of amides is 1. The van der Waals surface area contributed by atoms with Crippen LogP contribution in [0, 0.1) is 0 Å². The van der Waals surface area contributed by atoms with Gasteiger partial charge < -0.3 is 9.47 Å². The number of nitrogens with zero attached hydrogens (tertiary/aromatic N) is 1. The fourth-order valence-corrected chi connectivity index (χ4v) is 2.92. The van der Waals surface area contributed by atoms with Crippen LogP contribution in [-0.4, -0.2) is 35.3 Å². The molecule has 0 saturated carbocycles. The Labute approximate surface area is 113 Å². The standard InChI is InChI=1S/C15H19NO3/c1-10-8-13-14(19-13)11(2)16(10)15(17)18-9-12-6-4-3-5-7-12/h3-7,10-11,13-14H,8-9H2,1-2H3/t10-,11+,13+,14+/m1/s1. The van der Waals surface area contributed by atoms with Gasteiger partial charge in [0.15, 0.2) is 0 Å². The molecule has 2 aliphatic rings. The summed E-state index contributed by atoms with van der Waals surface area (Å²) in [6.07, 6.45) is 1.23. The van der Waals surface area contributed by atoms with E-state index in [1.807, 2.05) is 42.2 Å². The zero-order chi connectivity index (χ0) is 13.4. The van der Waals surface area contributed by atoms with Crippen molar-refractivity contribution < 1.29 is 14.3 Å². The molecule has 1 aromatic carbocycles. The van der Waals surface area contributed by atoms with Crippen LogP contribution >= 0.6 is 0 Å². The molecule has 1 aromatic rings. The lowest BCUT2D eigenvalue weighted by Crippen LogP contribution is -2.51. The Morgan fingerprint density at radius 1 is 1.37 bits per heavy atom. The molecule has 1 amide bonds. The van der Waals surface area contributed by atoms with Crippen LogP contribution in [0.15, 0.2) is 30.3 Å². The lowest BCUT2D eigenvalue weighted by molar-refractivity contribution is 0.0567. The largest absolute Gasteiger partial charge is 0.445 e. The molecule has 4 heteroatoms. The Bertz CT molecular complexity index is 462. The monoisotopic (exact) mass is 261 g/mol. The zero-order valence-corrected chi connectivity index (χ0v) is 11.3. The van der Waals surface area contributed by atoms with E-state index in [4.69, 9.17) is 9.47 Å². The molecule has 0 aromatic heterocycles. The molecule has 4 atom stereocenters. The number of hydrogen-bond donors (Lipinski definition) is 0. The Morgan fingerprint density at radius 3 is 2.84 bits per heavy atom. The van der Waals surface area contributed by atoms with E-state index in [0.717, 1.165) is 12.0 Å². The average Bonchev–Trinajstić information content (AvgIpc) is 3.17. The topological polar surface area (TPSA) is 42.1 Å². The van der Waals surface area contributed by atoms with Gasteiger partial charge in [-0.3, -0.25) is 4.90 Å². The summed E-state index contributed by atoms with van der Waals surface area (Å²) in [7, 11) is 0. The first-order valence-corrected chi connectivity index (χ1v) is 6.81. The maximum atomic E-state index is 12.2. The Balaban J connectivity index is 1.60. The quantitative estimate of drug-likeness (QED) is 0.768. The summed E-state index contributed by atoms with van der Waals surface area (Å²) in [4.78, 5) is 14.0. The van der Waals surface area contributed by atoms with Crippen molar-refractivity contribution in [2.24, 2.45) is 0 Å². The number of carbonyl (C=O) groups excluding carboxylic acids is 1. The van der Waals surface area contributed by atoms with E-state index in [9.17, 15) is 4.79 Å². The molecule has 2 saturated heterocycles. The molecule has 0 aliphatic carbocycles. The van der Waals surface area contributed by atoms with Crippen molar-refractivity contribution in [1.82, 2.24) is 4.90 Å². The molecule has 0 N–H and O–H groups in total. The van der Waals surface area contributed by atoms with E-state index in [-0.39, 0.29) is 24.3 Å². The van der Waals surface area contributed by atoms with Crippen molar-refractivity contribution in [2.75, 3.05) is 0 Å². The maximum Gasteiger partial charge on any atom is 0.410 e. The van der Waals surface area contributed by atoms with Crippen molar-refractivity contribution >= 4 is 6.09 Å². The van der Waals surface area contributed by atoms with E-state index in [1.165, 1.54) is 0 Å². The summed E-state index contributed by atoms with van der Waals surface area (Å²) < 4.78 is 11.0. The van der Waals surface area contributed by atoms with E-state index in [1.54, 1.807) is 0 Å². The number of rotatable bonds is 2. The number of epoxide rings is 1. The number of benzene rings is 1. The van der Waals surface area contributed by atoms with E-state index in [0.29, 0.717) is 12.7 Å². The van der Waals surface area contributed by atoms with Gasteiger partial charge in [-0.05, 0) is 25.8 Å². The van der Waals surface area contributed by atoms with Crippen LogP contribution < -0.4 is 0 Å². The SMILES string of the molecule is C[C@@H]1C[C@@H]2O[C@H]2[C@H](C)N1C(=O)OCc1ccccc1. The molecule has 0 bridgehead atoms. The summed E-state index contributed by atoms with van der Waals surface area (Å²) in [6.45, 7) is 4.41. The van der Waals surface area contributed by atoms with E-state index >= 15 is 0 Å². The van der Waals surface area contributed by atoms with Crippen LogP contribution in [-0.2, 0) is 16.1 Å². The smallest absolute Gasteiger partial charge is 0.410 e. The molecule has 2 aliphatic heterocycles. The summed E-state index contributed by atoms with van der Waals surface area (Å²) in [5.41, 5.74) is 1.01. The fourth-order valence-electron chi connectivity index (χ4n) is 2.92. The minimum atomic E-state index is -0.238. The predicted molar refractivity (Wildman–Crippen MR) is 70.7 cm³/mol. The number of ether oxygens (including phenoxy) is 2. The van der Waals surface area contributed by atoms with Crippen LogP contribution in [0.25, 0.3) is 0 Å². The highest BCUT2D eigenvalue weighted by Gasteiger charge is 2.52. The Morgan fingerprint density at radius 2 is 2.11 bits per heavy atom. The third-order valence-electron chi connectivity index (χ3n) is 4.00. The summed E-state index contributed by atoms with van der Waals surface area (Å²) >= 11 is 0. The van der Waals surface area contributed by atoms with Crippen LogP contribution in [0.5, 0.6) is 0 Å². The average molecular weight is 261 g/mol. The van der Waals surface area contributed by atoms with Gasteiger partial charge in [0.1, 0.15) is 12.7 Å². The Hall–Kier alpha value is -1.55. The van der Waals surface area contributed by atoms with Crippen molar-refractivity contribution in [3.63, 3.8) is 0 Å². The molecule has 102 valence electrons. The zero-order valence-electron chi connectivity index (χ0n) is 11.3. The van der Waals surface area contributed by atoms with Gasteiger partial charge in [-0.25, -0.2) is 4.79 Å². The molecule has 3 rings (SSSR count). The highest BCUT2D eigenvalue weighted by molar-refractivity contribution is 5.69. The minimum absolute atomic E-state index is 0.108. The third kappa shape index (κ3) is 2.45. The van der Waals surface area contributed by atoms with E-state index < -0.39 is 0 Å². The molecule has 4 nitrogen and oxygen atoms in total. The van der Waals surface area contributed by atoms with Gasteiger partial charge in [-0.2, -0.15) is 0 Å². The molecule has 19 heavy (non-hydrogen) atoms. The van der Waals surface area contributed by atoms with Gasteiger partial charge in [0.2, 0.25) is 0 Å². The van der Waals surface area contributed by atoms with Gasteiger partial charge >= 0.3 is 6.09 Å². The van der Waals surface area contributed by atoms with E-state index in [2.05, 4.69) is 6.92 Å². The first-order valence-electron chi connectivity index (χ1n) is 6.81. The van der Waals surface area contributed by atoms with Gasteiger partial charge in [0, 0.05) is 6.04 Å². The first kappa shape index (κ1) is 12.5. The lowest BCUT2D eigenvalue weighted by Gasteiger charge is -2.35. The first-order chi connectivity index (χ1) is 9.16. The number of likely N-dealkylation sites (tertiary alicyclic amines) is 1. The van der Waals surface area contributed by atoms with Crippen LogP contribution in [0.1, 0.15) is 25.8 Å².